The van der Waals surface area contributed by atoms with Gasteiger partial charge in [-0.15, -0.1) is 19.0 Å². The van der Waals surface area contributed by atoms with Crippen molar-refractivity contribution in [2.75, 3.05) is 14.2 Å². The lowest BCUT2D eigenvalue weighted by Crippen LogP contribution is -2.11. The average Bonchev–Trinajstić information content (AvgIpc) is 2.34. The van der Waals surface area contributed by atoms with E-state index in [1.165, 1.54) is 20.3 Å². The number of hydrogen-bond acceptors (Lipinski definition) is 4. The molecule has 0 spiro atoms. The molecule has 1 aromatic carbocycles. The van der Waals surface area contributed by atoms with Crippen molar-refractivity contribution in [2.24, 2.45) is 5.73 Å². The summed E-state index contributed by atoms with van der Waals surface area (Å²) in [5, 5.41) is 9.94. The molecule has 0 heterocycles. The van der Waals surface area contributed by atoms with E-state index in [2.05, 4.69) is 6.58 Å². The van der Waals surface area contributed by atoms with Gasteiger partial charge in [0.25, 0.3) is 0 Å². The van der Waals surface area contributed by atoms with E-state index in [0.29, 0.717) is 23.5 Å². The minimum atomic E-state index is -0.283. The van der Waals surface area contributed by atoms with Gasteiger partial charge >= 0.3 is 0 Å². The largest absolute Gasteiger partial charge is 0.507 e. The van der Waals surface area contributed by atoms with E-state index in [4.69, 9.17) is 15.2 Å². The molecule has 0 aliphatic carbocycles. The molecule has 3 N–H and O–H groups in total. The maximum absolute atomic E-state index is 9.94. The zero-order chi connectivity index (χ0) is 12.8. The molecule has 0 radical (unpaired) electrons. The normalized spacial score (nSPS) is 11.3. The van der Waals surface area contributed by atoms with Crippen molar-refractivity contribution in [3.05, 3.63) is 30.4 Å². The molecular formula is C13H20ClNO3. The third kappa shape index (κ3) is 3.82. The van der Waals surface area contributed by atoms with Crippen LogP contribution in [0, 0.1) is 0 Å². The summed E-state index contributed by atoms with van der Waals surface area (Å²) in [5.74, 6) is 1.18. The first-order valence-electron chi connectivity index (χ1n) is 5.45. The van der Waals surface area contributed by atoms with Gasteiger partial charge in [0.2, 0.25) is 0 Å². The molecule has 0 aromatic heterocycles. The maximum atomic E-state index is 9.94. The molecule has 0 aliphatic heterocycles. The molecule has 0 amide bonds. The average molecular weight is 274 g/mol. The van der Waals surface area contributed by atoms with E-state index in [0.717, 1.165) is 6.42 Å². The van der Waals surface area contributed by atoms with Crippen molar-refractivity contribution in [3.63, 3.8) is 0 Å². The van der Waals surface area contributed by atoms with E-state index in [9.17, 15) is 5.11 Å². The van der Waals surface area contributed by atoms with Crippen LogP contribution in [0.5, 0.6) is 17.2 Å². The Morgan fingerprint density at radius 1 is 1.39 bits per heavy atom. The Morgan fingerprint density at radius 2 is 2.06 bits per heavy atom. The highest BCUT2D eigenvalue weighted by atomic mass is 35.5. The minimum absolute atomic E-state index is 0. The smallest absolute Gasteiger partial charge is 0.131 e. The molecule has 1 aromatic rings. The number of rotatable bonds is 6. The van der Waals surface area contributed by atoms with Gasteiger partial charge in [0.15, 0.2) is 0 Å². The van der Waals surface area contributed by atoms with Crippen LogP contribution in [0.3, 0.4) is 0 Å². The predicted molar refractivity (Wildman–Crippen MR) is 74.8 cm³/mol. The van der Waals surface area contributed by atoms with E-state index < -0.39 is 0 Å². The number of allylic oxidation sites excluding steroid dienone is 1. The number of aromatic hydroxyl groups is 1. The van der Waals surface area contributed by atoms with Crippen molar-refractivity contribution < 1.29 is 14.6 Å². The molecule has 4 nitrogen and oxygen atoms in total. The molecule has 1 atom stereocenters. The second-order valence-corrected chi connectivity index (χ2v) is 3.73. The molecule has 5 heteroatoms. The summed E-state index contributed by atoms with van der Waals surface area (Å²) < 4.78 is 10.3. The summed E-state index contributed by atoms with van der Waals surface area (Å²) >= 11 is 0. The Labute approximate surface area is 114 Å². The van der Waals surface area contributed by atoms with Crippen LogP contribution < -0.4 is 15.2 Å². The predicted octanol–water partition coefficient (Wildman–Crippen LogP) is 2.80. The first-order valence-corrected chi connectivity index (χ1v) is 5.45. The number of nitrogens with two attached hydrogens (primary N) is 1. The maximum Gasteiger partial charge on any atom is 0.131 e. The van der Waals surface area contributed by atoms with Crippen LogP contribution in [-0.2, 0) is 0 Å². The Morgan fingerprint density at radius 3 is 2.56 bits per heavy atom. The van der Waals surface area contributed by atoms with Gasteiger partial charge in [0.05, 0.1) is 19.8 Å². The number of benzene rings is 1. The van der Waals surface area contributed by atoms with Gasteiger partial charge in [-0.05, 0) is 12.8 Å². The van der Waals surface area contributed by atoms with Crippen LogP contribution in [0.1, 0.15) is 24.4 Å². The minimum Gasteiger partial charge on any atom is -0.507 e. The number of phenols is 1. The number of hydrogen-bond donors (Lipinski definition) is 2. The van der Waals surface area contributed by atoms with Gasteiger partial charge in [-0.3, -0.25) is 0 Å². The van der Waals surface area contributed by atoms with Crippen LogP contribution >= 0.6 is 12.4 Å². The van der Waals surface area contributed by atoms with Crippen molar-refractivity contribution in [3.8, 4) is 17.2 Å². The zero-order valence-corrected chi connectivity index (χ0v) is 11.5. The first-order chi connectivity index (χ1) is 8.13. The summed E-state index contributed by atoms with van der Waals surface area (Å²) in [4.78, 5) is 0. The van der Waals surface area contributed by atoms with Gasteiger partial charge in [0, 0.05) is 18.2 Å². The molecule has 0 unspecified atom stereocenters. The number of ether oxygens (including phenoxy) is 2. The second kappa shape index (κ2) is 7.84. The number of halogens is 1. The van der Waals surface area contributed by atoms with Gasteiger partial charge in [-0.2, -0.15) is 0 Å². The fraction of sp³-hybridized carbons (Fsp3) is 0.385. The Kier molecular flexibility index (Phi) is 7.24. The fourth-order valence-electron chi connectivity index (χ4n) is 1.69. The fourth-order valence-corrected chi connectivity index (χ4v) is 1.69. The summed E-state index contributed by atoms with van der Waals surface area (Å²) in [6.45, 7) is 3.65. The lowest BCUT2D eigenvalue weighted by atomic mass is 10.0. The Balaban J connectivity index is 0.00000289. The summed E-state index contributed by atoms with van der Waals surface area (Å²) in [6, 6.07) is 2.96. The Hall–Kier alpha value is -1.39. The van der Waals surface area contributed by atoms with Crippen molar-refractivity contribution in [1.29, 1.82) is 0 Å². The zero-order valence-electron chi connectivity index (χ0n) is 10.7. The third-order valence-electron chi connectivity index (χ3n) is 2.60. The van der Waals surface area contributed by atoms with Crippen molar-refractivity contribution in [2.45, 2.75) is 18.9 Å². The SMILES string of the molecule is C=CCC[C@H](N)c1c(O)cc(OC)cc1OC.Cl. The molecule has 1 rings (SSSR count). The second-order valence-electron chi connectivity index (χ2n) is 3.73. The first kappa shape index (κ1) is 16.6. The highest BCUT2D eigenvalue weighted by Gasteiger charge is 2.17. The standard InChI is InChI=1S/C13H19NO3.ClH/c1-4-5-6-10(14)13-11(15)7-9(16-2)8-12(13)17-3;/h4,7-8,10,15H,1,5-6,14H2,2-3H3;1H/t10-;/m0./s1. The quantitative estimate of drug-likeness (QED) is 0.782. The van der Waals surface area contributed by atoms with Gasteiger partial charge in [-0.25, -0.2) is 0 Å². The highest BCUT2D eigenvalue weighted by Crippen LogP contribution is 2.38. The van der Waals surface area contributed by atoms with Crippen LogP contribution in [0.15, 0.2) is 24.8 Å². The summed E-state index contributed by atoms with van der Waals surface area (Å²) in [5.41, 5.74) is 6.63. The van der Waals surface area contributed by atoms with Crippen LogP contribution in [-0.4, -0.2) is 19.3 Å². The summed E-state index contributed by atoms with van der Waals surface area (Å²) in [7, 11) is 3.07. The van der Waals surface area contributed by atoms with E-state index in [-0.39, 0.29) is 24.2 Å². The lowest BCUT2D eigenvalue weighted by molar-refractivity contribution is 0.374. The van der Waals surface area contributed by atoms with Crippen molar-refractivity contribution >= 4 is 12.4 Å². The van der Waals surface area contributed by atoms with Gasteiger partial charge in [0.1, 0.15) is 17.2 Å². The van der Waals surface area contributed by atoms with Gasteiger partial charge < -0.3 is 20.3 Å². The van der Waals surface area contributed by atoms with Crippen LogP contribution in [0.25, 0.3) is 0 Å². The molecule has 0 aliphatic rings. The van der Waals surface area contributed by atoms with E-state index >= 15 is 0 Å². The molecular weight excluding hydrogens is 254 g/mol. The molecule has 0 saturated carbocycles. The summed E-state index contributed by atoms with van der Waals surface area (Å²) in [6.07, 6.45) is 3.29. The van der Waals surface area contributed by atoms with E-state index in [1.807, 2.05) is 0 Å². The monoisotopic (exact) mass is 273 g/mol. The molecule has 102 valence electrons. The topological polar surface area (TPSA) is 64.7 Å². The number of methoxy groups -OCH3 is 2. The van der Waals surface area contributed by atoms with Gasteiger partial charge in [-0.1, -0.05) is 6.08 Å². The lowest BCUT2D eigenvalue weighted by Gasteiger charge is -2.17. The van der Waals surface area contributed by atoms with Crippen LogP contribution in [0.4, 0.5) is 0 Å². The van der Waals surface area contributed by atoms with Crippen molar-refractivity contribution in [1.82, 2.24) is 0 Å². The van der Waals surface area contributed by atoms with Crippen LogP contribution in [0.2, 0.25) is 0 Å². The molecule has 18 heavy (non-hydrogen) atoms. The molecule has 0 bridgehead atoms. The molecule has 0 fully saturated rings. The Bertz CT molecular complexity index is 396. The highest BCUT2D eigenvalue weighted by molar-refractivity contribution is 5.85. The van der Waals surface area contributed by atoms with E-state index in [1.54, 1.807) is 12.1 Å². The molecule has 0 saturated heterocycles. The number of phenolic OH excluding ortho intramolecular Hbond substituents is 1. The third-order valence-corrected chi connectivity index (χ3v) is 2.60.